The zero-order chi connectivity index (χ0) is 22.1. The van der Waals surface area contributed by atoms with Crippen LogP contribution in [0, 0.1) is 0 Å². The molecule has 1 saturated heterocycles. The fourth-order valence-electron chi connectivity index (χ4n) is 3.89. The first-order chi connectivity index (χ1) is 15.0. The van der Waals surface area contributed by atoms with Gasteiger partial charge in [0.1, 0.15) is 5.75 Å². The Labute approximate surface area is 208 Å². The van der Waals surface area contributed by atoms with Gasteiger partial charge in [-0.15, -0.1) is 24.0 Å². The van der Waals surface area contributed by atoms with Gasteiger partial charge in [0.15, 0.2) is 15.8 Å². The maximum Gasteiger partial charge on any atom is 0.191 e. The second kappa shape index (κ2) is 13.0. The summed E-state index contributed by atoms with van der Waals surface area (Å²) in [6.07, 6.45) is 2.38. The fraction of sp³-hybridized carbons (Fsp3) is 0.435. The standard InChI is InChI=1S/C23H32N4O3S.HI/c1-24-23(25-14-17-31(28,29)19-10-4-3-5-11-19)26-18-21(27-15-8-9-16-27)20-12-6-7-13-22(20)30-2;/h3-7,10-13,21H,8-9,14-18H2,1-2H3,(H2,24,25,26);1H. The number of benzene rings is 2. The largest absolute Gasteiger partial charge is 0.496 e. The number of nitrogens with one attached hydrogen (secondary N) is 2. The number of para-hydroxylation sites is 1. The van der Waals surface area contributed by atoms with E-state index in [1.165, 1.54) is 12.8 Å². The molecular formula is C23H33IN4O3S. The smallest absolute Gasteiger partial charge is 0.191 e. The number of hydrogen-bond acceptors (Lipinski definition) is 5. The monoisotopic (exact) mass is 572 g/mol. The van der Waals surface area contributed by atoms with Crippen LogP contribution in [0.1, 0.15) is 24.4 Å². The molecule has 1 unspecified atom stereocenters. The van der Waals surface area contributed by atoms with Crippen LogP contribution < -0.4 is 15.4 Å². The highest BCUT2D eigenvalue weighted by Crippen LogP contribution is 2.31. The Bertz CT molecular complexity index is 964. The van der Waals surface area contributed by atoms with Gasteiger partial charge in [0, 0.05) is 25.7 Å². The Hall–Kier alpha value is -1.85. The summed E-state index contributed by atoms with van der Waals surface area (Å²) in [6, 6.07) is 16.8. The number of hydrogen-bond donors (Lipinski definition) is 2. The van der Waals surface area contributed by atoms with Crippen molar-refractivity contribution in [2.45, 2.75) is 23.8 Å². The molecule has 1 aliphatic heterocycles. The number of nitrogens with zero attached hydrogens (tertiary/aromatic N) is 2. The van der Waals surface area contributed by atoms with Crippen molar-refractivity contribution in [1.29, 1.82) is 0 Å². The second-order valence-corrected chi connectivity index (χ2v) is 9.62. The number of aliphatic imine (C=N–C) groups is 1. The molecule has 1 atom stereocenters. The van der Waals surface area contributed by atoms with E-state index in [2.05, 4.69) is 26.6 Å². The van der Waals surface area contributed by atoms with E-state index < -0.39 is 9.84 Å². The average Bonchev–Trinajstić information content (AvgIpc) is 3.33. The molecule has 0 aromatic heterocycles. The van der Waals surface area contributed by atoms with Gasteiger partial charge in [-0.3, -0.25) is 9.89 Å². The van der Waals surface area contributed by atoms with Gasteiger partial charge in [0.2, 0.25) is 0 Å². The zero-order valence-corrected chi connectivity index (χ0v) is 21.8. The summed E-state index contributed by atoms with van der Waals surface area (Å²) in [7, 11) is 0.0543. The summed E-state index contributed by atoms with van der Waals surface area (Å²) < 4.78 is 30.5. The van der Waals surface area contributed by atoms with Crippen LogP contribution in [0.25, 0.3) is 0 Å². The third kappa shape index (κ3) is 7.08. The van der Waals surface area contributed by atoms with E-state index >= 15 is 0 Å². The summed E-state index contributed by atoms with van der Waals surface area (Å²) in [6.45, 7) is 3.02. The normalized spacial score (nSPS) is 15.6. The minimum atomic E-state index is -3.33. The Morgan fingerprint density at radius 3 is 2.38 bits per heavy atom. The van der Waals surface area contributed by atoms with Gasteiger partial charge in [-0.25, -0.2) is 8.42 Å². The van der Waals surface area contributed by atoms with E-state index in [4.69, 9.17) is 4.74 Å². The van der Waals surface area contributed by atoms with Crippen LogP contribution in [-0.4, -0.2) is 65.4 Å². The Morgan fingerprint density at radius 1 is 1.06 bits per heavy atom. The first kappa shape index (κ1) is 26.4. The highest BCUT2D eigenvalue weighted by Gasteiger charge is 2.26. The summed E-state index contributed by atoms with van der Waals surface area (Å²) in [4.78, 5) is 7.06. The number of rotatable bonds is 9. The molecule has 32 heavy (non-hydrogen) atoms. The number of sulfone groups is 1. The molecule has 2 N–H and O–H groups in total. The third-order valence-corrected chi connectivity index (χ3v) is 7.26. The molecule has 0 amide bonds. The minimum Gasteiger partial charge on any atom is -0.496 e. The first-order valence-corrected chi connectivity index (χ1v) is 12.3. The van der Waals surface area contributed by atoms with Gasteiger partial charge in [0.05, 0.1) is 23.8 Å². The second-order valence-electron chi connectivity index (χ2n) is 7.51. The van der Waals surface area contributed by atoms with E-state index in [1.807, 2.05) is 24.3 Å². The number of guanidine groups is 1. The molecule has 176 valence electrons. The predicted octanol–water partition coefficient (Wildman–Crippen LogP) is 3.09. The van der Waals surface area contributed by atoms with Crippen LogP contribution in [0.15, 0.2) is 64.5 Å². The van der Waals surface area contributed by atoms with Crippen molar-refractivity contribution in [2.24, 2.45) is 4.99 Å². The quantitative estimate of drug-likeness (QED) is 0.273. The lowest BCUT2D eigenvalue weighted by Gasteiger charge is -2.30. The summed E-state index contributed by atoms with van der Waals surface area (Å²) >= 11 is 0. The van der Waals surface area contributed by atoms with Crippen molar-refractivity contribution in [3.63, 3.8) is 0 Å². The maximum atomic E-state index is 12.5. The molecule has 2 aromatic rings. The lowest BCUT2D eigenvalue weighted by atomic mass is 10.0. The molecule has 1 fully saturated rings. The first-order valence-electron chi connectivity index (χ1n) is 10.6. The van der Waals surface area contributed by atoms with Gasteiger partial charge in [0.25, 0.3) is 0 Å². The molecule has 7 nitrogen and oxygen atoms in total. The highest BCUT2D eigenvalue weighted by molar-refractivity contribution is 14.0. The molecule has 0 saturated carbocycles. The Kier molecular flexibility index (Phi) is 10.7. The number of ether oxygens (including phenoxy) is 1. The molecular weight excluding hydrogens is 539 g/mol. The molecule has 1 heterocycles. The van der Waals surface area contributed by atoms with Crippen molar-refractivity contribution in [3.05, 3.63) is 60.2 Å². The SMILES string of the molecule is CN=C(NCCS(=O)(=O)c1ccccc1)NCC(c1ccccc1OC)N1CCCC1.I. The van der Waals surface area contributed by atoms with Crippen LogP contribution in [0.2, 0.25) is 0 Å². The van der Waals surface area contributed by atoms with E-state index in [-0.39, 0.29) is 42.3 Å². The summed E-state index contributed by atoms with van der Waals surface area (Å²) in [5, 5.41) is 6.50. The zero-order valence-electron chi connectivity index (χ0n) is 18.7. The molecule has 0 spiro atoms. The van der Waals surface area contributed by atoms with Crippen molar-refractivity contribution in [2.75, 3.05) is 46.1 Å². The van der Waals surface area contributed by atoms with Gasteiger partial charge < -0.3 is 15.4 Å². The predicted molar refractivity (Wildman–Crippen MR) is 140 cm³/mol. The highest BCUT2D eigenvalue weighted by atomic mass is 127. The topological polar surface area (TPSA) is 83.0 Å². The van der Waals surface area contributed by atoms with Crippen LogP contribution in [0.3, 0.4) is 0 Å². The van der Waals surface area contributed by atoms with E-state index in [0.717, 1.165) is 24.4 Å². The van der Waals surface area contributed by atoms with Crippen LogP contribution >= 0.6 is 24.0 Å². The Morgan fingerprint density at radius 2 is 1.72 bits per heavy atom. The van der Waals surface area contributed by atoms with Gasteiger partial charge in [-0.05, 0) is 44.1 Å². The van der Waals surface area contributed by atoms with Crippen molar-refractivity contribution < 1.29 is 13.2 Å². The van der Waals surface area contributed by atoms with Crippen LogP contribution in [-0.2, 0) is 9.84 Å². The number of halogens is 1. The third-order valence-electron chi connectivity index (χ3n) is 5.53. The summed E-state index contributed by atoms with van der Waals surface area (Å²) in [5.74, 6) is 1.46. The molecule has 9 heteroatoms. The van der Waals surface area contributed by atoms with Gasteiger partial charge in [-0.1, -0.05) is 36.4 Å². The summed E-state index contributed by atoms with van der Waals surface area (Å²) in [5.41, 5.74) is 1.14. The van der Waals surface area contributed by atoms with Gasteiger partial charge in [-0.2, -0.15) is 0 Å². The minimum absolute atomic E-state index is 0. The maximum absolute atomic E-state index is 12.5. The number of likely N-dealkylation sites (tertiary alicyclic amines) is 1. The van der Waals surface area contributed by atoms with Crippen molar-refractivity contribution >= 4 is 39.8 Å². The fourth-order valence-corrected chi connectivity index (χ4v) is 5.07. The molecule has 0 radical (unpaired) electrons. The molecule has 0 aliphatic carbocycles. The van der Waals surface area contributed by atoms with Crippen LogP contribution in [0.5, 0.6) is 5.75 Å². The van der Waals surface area contributed by atoms with Crippen LogP contribution in [0.4, 0.5) is 0 Å². The van der Waals surface area contributed by atoms with Crippen molar-refractivity contribution in [1.82, 2.24) is 15.5 Å². The molecule has 0 bridgehead atoms. The van der Waals surface area contributed by atoms with E-state index in [1.54, 1.807) is 38.4 Å². The number of methoxy groups -OCH3 is 1. The molecule has 3 rings (SSSR count). The van der Waals surface area contributed by atoms with E-state index in [9.17, 15) is 8.42 Å². The Balaban J connectivity index is 0.00000363. The van der Waals surface area contributed by atoms with Crippen molar-refractivity contribution in [3.8, 4) is 5.75 Å². The lowest BCUT2D eigenvalue weighted by Crippen LogP contribution is -2.44. The van der Waals surface area contributed by atoms with E-state index in [0.29, 0.717) is 17.4 Å². The lowest BCUT2D eigenvalue weighted by molar-refractivity contribution is 0.239. The molecule has 2 aromatic carbocycles. The molecule has 1 aliphatic rings. The average molecular weight is 573 g/mol. The van der Waals surface area contributed by atoms with Gasteiger partial charge >= 0.3 is 0 Å².